The molecule has 0 aromatic heterocycles. The maximum absolute atomic E-state index is 12.9. The standard InChI is InChI=1S/C55H101N2O6P/c1-6-8-10-12-14-16-18-20-22-23-24-25-26-27-28-29-30-31-32-33-35-37-39-41-43-45-47-49-55(59)56-53(52-63-64(60,61)62-51-50-57(3,4)5)54(58)48-46-44-42-40-38-36-34-21-19-17-15-13-11-9-7-2/h8,10,14,16,20,22,24-25,38,40,46,48,53-54,58H,6-7,9,11-13,15,17-19,21,23,26-37,39,41-45,47,49-52H2,1-5H3,(H-,56,59,60,61)/b10-8-,16-14-,22-20-,25-24-,40-38+,48-46+. The Balaban J connectivity index is 4.23. The van der Waals surface area contributed by atoms with E-state index in [2.05, 4.69) is 79.9 Å². The summed E-state index contributed by atoms with van der Waals surface area (Å²) in [4.78, 5) is 25.4. The highest BCUT2D eigenvalue weighted by atomic mass is 31.2. The van der Waals surface area contributed by atoms with Crippen LogP contribution in [0.25, 0.3) is 0 Å². The van der Waals surface area contributed by atoms with Gasteiger partial charge < -0.3 is 28.8 Å². The van der Waals surface area contributed by atoms with Crippen LogP contribution < -0.4 is 10.2 Å². The molecule has 0 saturated carbocycles. The van der Waals surface area contributed by atoms with Gasteiger partial charge in [-0.25, -0.2) is 0 Å². The summed E-state index contributed by atoms with van der Waals surface area (Å²) in [6.07, 6.45) is 62.5. The molecule has 0 spiro atoms. The summed E-state index contributed by atoms with van der Waals surface area (Å²) >= 11 is 0. The first kappa shape index (κ1) is 61.9. The van der Waals surface area contributed by atoms with Gasteiger partial charge in [-0.3, -0.25) is 9.36 Å². The third-order valence-electron chi connectivity index (χ3n) is 11.4. The van der Waals surface area contributed by atoms with Crippen LogP contribution in [-0.4, -0.2) is 68.5 Å². The number of phosphoric ester groups is 1. The SMILES string of the molecule is CC/C=C\C/C=C\C/C=C\C/C=C\CCCCCCCCCCCCCCCCC(=O)NC(COP(=O)([O-])OCC[N+](C)(C)C)C(O)/C=C/CC/C=C/CCCCCCCCCCC. The molecule has 0 saturated heterocycles. The molecule has 0 bridgehead atoms. The molecule has 8 nitrogen and oxygen atoms in total. The van der Waals surface area contributed by atoms with Crippen molar-refractivity contribution in [2.75, 3.05) is 40.9 Å². The number of nitrogens with one attached hydrogen (secondary N) is 1. The van der Waals surface area contributed by atoms with Gasteiger partial charge in [0.05, 0.1) is 39.9 Å². The van der Waals surface area contributed by atoms with E-state index in [9.17, 15) is 19.4 Å². The van der Waals surface area contributed by atoms with E-state index in [-0.39, 0.29) is 12.5 Å². The quantitative estimate of drug-likeness (QED) is 0.0272. The van der Waals surface area contributed by atoms with Crippen LogP contribution in [0.5, 0.6) is 0 Å². The number of phosphoric acid groups is 1. The lowest BCUT2D eigenvalue weighted by atomic mass is 10.0. The minimum atomic E-state index is -4.60. The number of aliphatic hydroxyl groups excluding tert-OH is 1. The maximum atomic E-state index is 12.9. The van der Waals surface area contributed by atoms with Crippen molar-refractivity contribution in [3.63, 3.8) is 0 Å². The first-order chi connectivity index (χ1) is 31.0. The van der Waals surface area contributed by atoms with Gasteiger partial charge in [-0.05, 0) is 70.6 Å². The Hall–Kier alpha value is -2.06. The van der Waals surface area contributed by atoms with Gasteiger partial charge in [-0.2, -0.15) is 0 Å². The molecule has 2 N–H and O–H groups in total. The molecule has 1 amide bonds. The Morgan fingerprint density at radius 2 is 0.969 bits per heavy atom. The van der Waals surface area contributed by atoms with E-state index in [0.29, 0.717) is 17.4 Å². The summed E-state index contributed by atoms with van der Waals surface area (Å²) < 4.78 is 23.3. The van der Waals surface area contributed by atoms with Gasteiger partial charge in [0.1, 0.15) is 13.2 Å². The fourth-order valence-electron chi connectivity index (χ4n) is 7.28. The van der Waals surface area contributed by atoms with Gasteiger partial charge in [-0.15, -0.1) is 0 Å². The highest BCUT2D eigenvalue weighted by Crippen LogP contribution is 2.38. The van der Waals surface area contributed by atoms with Crippen molar-refractivity contribution in [2.45, 2.75) is 231 Å². The van der Waals surface area contributed by atoms with Crippen molar-refractivity contribution in [1.82, 2.24) is 5.32 Å². The highest BCUT2D eigenvalue weighted by molar-refractivity contribution is 7.45. The number of aliphatic hydroxyl groups is 1. The Labute approximate surface area is 395 Å². The maximum Gasteiger partial charge on any atom is 0.268 e. The third-order valence-corrected chi connectivity index (χ3v) is 12.4. The van der Waals surface area contributed by atoms with Crippen LogP contribution >= 0.6 is 7.82 Å². The third kappa shape index (κ3) is 47.9. The number of hydrogen-bond acceptors (Lipinski definition) is 6. The first-order valence-electron chi connectivity index (χ1n) is 26.3. The molecular formula is C55H101N2O6P. The molecule has 0 aliphatic rings. The Morgan fingerprint density at radius 1 is 0.562 bits per heavy atom. The number of nitrogens with zero attached hydrogens (tertiary/aromatic N) is 1. The van der Waals surface area contributed by atoms with Crippen LogP contribution in [0.15, 0.2) is 72.9 Å². The number of hydrogen-bond donors (Lipinski definition) is 2. The molecule has 9 heteroatoms. The van der Waals surface area contributed by atoms with E-state index < -0.39 is 26.6 Å². The van der Waals surface area contributed by atoms with E-state index in [1.807, 2.05) is 27.2 Å². The second-order valence-electron chi connectivity index (χ2n) is 18.8. The van der Waals surface area contributed by atoms with Crippen molar-refractivity contribution in [3.05, 3.63) is 72.9 Å². The lowest BCUT2D eigenvalue weighted by Crippen LogP contribution is -2.45. The minimum Gasteiger partial charge on any atom is -0.756 e. The lowest BCUT2D eigenvalue weighted by Gasteiger charge is -2.29. The van der Waals surface area contributed by atoms with Crippen LogP contribution in [-0.2, 0) is 18.4 Å². The molecule has 0 heterocycles. The number of amides is 1. The molecule has 0 aromatic rings. The van der Waals surface area contributed by atoms with Crippen LogP contribution in [0.3, 0.4) is 0 Å². The normalized spacial score (nSPS) is 14.7. The smallest absolute Gasteiger partial charge is 0.268 e. The summed E-state index contributed by atoms with van der Waals surface area (Å²) in [6, 6.07) is -0.906. The van der Waals surface area contributed by atoms with Crippen molar-refractivity contribution in [3.8, 4) is 0 Å². The van der Waals surface area contributed by atoms with Crippen molar-refractivity contribution < 1.29 is 32.9 Å². The van der Waals surface area contributed by atoms with Crippen molar-refractivity contribution >= 4 is 13.7 Å². The second-order valence-corrected chi connectivity index (χ2v) is 20.2. The average Bonchev–Trinajstić information content (AvgIpc) is 3.25. The monoisotopic (exact) mass is 917 g/mol. The largest absolute Gasteiger partial charge is 0.756 e. The summed E-state index contributed by atoms with van der Waals surface area (Å²) in [6.45, 7) is 4.51. The topological polar surface area (TPSA) is 108 Å². The van der Waals surface area contributed by atoms with Gasteiger partial charge >= 0.3 is 0 Å². The Bertz CT molecular complexity index is 1270. The van der Waals surface area contributed by atoms with E-state index >= 15 is 0 Å². The van der Waals surface area contributed by atoms with Crippen LogP contribution in [0.2, 0.25) is 0 Å². The average molecular weight is 917 g/mol. The van der Waals surface area contributed by atoms with Gasteiger partial charge in [0.2, 0.25) is 5.91 Å². The predicted molar refractivity (Wildman–Crippen MR) is 274 cm³/mol. The molecule has 0 aliphatic heterocycles. The fourth-order valence-corrected chi connectivity index (χ4v) is 8.00. The van der Waals surface area contributed by atoms with Gasteiger partial charge in [0.15, 0.2) is 0 Å². The zero-order valence-corrected chi connectivity index (χ0v) is 43.1. The second kappa shape index (κ2) is 46.1. The summed E-state index contributed by atoms with van der Waals surface area (Å²) in [5.74, 6) is -0.210. The number of carbonyl (C=O) groups excluding carboxylic acids is 1. The van der Waals surface area contributed by atoms with Crippen LogP contribution in [0.4, 0.5) is 0 Å². The van der Waals surface area contributed by atoms with Crippen molar-refractivity contribution in [2.24, 2.45) is 0 Å². The van der Waals surface area contributed by atoms with Crippen molar-refractivity contribution in [1.29, 1.82) is 0 Å². The van der Waals surface area contributed by atoms with Gasteiger partial charge in [0.25, 0.3) is 7.82 Å². The molecule has 64 heavy (non-hydrogen) atoms. The first-order valence-corrected chi connectivity index (χ1v) is 27.8. The summed E-state index contributed by atoms with van der Waals surface area (Å²) in [5.41, 5.74) is 0. The number of likely N-dealkylation sites (N-methyl/N-ethyl adjacent to an activating group) is 1. The van der Waals surface area contributed by atoms with Crippen LogP contribution in [0.1, 0.15) is 219 Å². The van der Waals surface area contributed by atoms with E-state index in [1.165, 1.54) is 135 Å². The van der Waals surface area contributed by atoms with E-state index in [1.54, 1.807) is 6.08 Å². The van der Waals surface area contributed by atoms with Gasteiger partial charge in [0, 0.05) is 6.42 Å². The fraction of sp³-hybridized carbons (Fsp3) is 0.764. The molecule has 0 aliphatic carbocycles. The number of carbonyl (C=O) groups is 1. The summed E-state index contributed by atoms with van der Waals surface area (Å²) in [5, 5.41) is 13.8. The molecular weight excluding hydrogens is 816 g/mol. The summed E-state index contributed by atoms with van der Waals surface area (Å²) in [7, 11) is 1.24. The molecule has 0 aromatic carbocycles. The van der Waals surface area contributed by atoms with E-state index in [0.717, 1.165) is 64.2 Å². The minimum absolute atomic E-state index is 0.00856. The lowest BCUT2D eigenvalue weighted by molar-refractivity contribution is -0.870. The number of allylic oxidation sites excluding steroid dienone is 11. The number of quaternary nitrogens is 1. The molecule has 3 unspecified atom stereocenters. The number of unbranched alkanes of at least 4 members (excludes halogenated alkanes) is 24. The van der Waals surface area contributed by atoms with E-state index in [4.69, 9.17) is 9.05 Å². The molecule has 0 fully saturated rings. The number of rotatable bonds is 47. The molecule has 0 rings (SSSR count). The molecule has 3 atom stereocenters. The molecule has 0 radical (unpaired) electrons. The molecule has 372 valence electrons. The zero-order chi connectivity index (χ0) is 47.1. The van der Waals surface area contributed by atoms with Gasteiger partial charge in [-0.1, -0.05) is 215 Å². The zero-order valence-electron chi connectivity index (χ0n) is 42.2. The highest BCUT2D eigenvalue weighted by Gasteiger charge is 2.23. The Kier molecular flexibility index (Phi) is 44.6. The predicted octanol–water partition coefficient (Wildman–Crippen LogP) is 14.9. The van der Waals surface area contributed by atoms with Crippen LogP contribution in [0, 0.1) is 0 Å². The Morgan fingerprint density at radius 3 is 1.45 bits per heavy atom.